The maximum absolute atomic E-state index is 12.5. The summed E-state index contributed by atoms with van der Waals surface area (Å²) in [5.74, 6) is 0.130. The van der Waals surface area contributed by atoms with Crippen LogP contribution in [0.5, 0.6) is 0 Å². The molecule has 1 aliphatic heterocycles. The van der Waals surface area contributed by atoms with E-state index < -0.39 is 0 Å². The van der Waals surface area contributed by atoms with E-state index in [1.165, 1.54) is 31.2 Å². The molecule has 0 radical (unpaired) electrons. The van der Waals surface area contributed by atoms with Gasteiger partial charge in [0.1, 0.15) is 6.04 Å². The van der Waals surface area contributed by atoms with E-state index >= 15 is 0 Å². The summed E-state index contributed by atoms with van der Waals surface area (Å²) in [5, 5.41) is 6.53. The molecular formula is C17H24N2O. The summed E-state index contributed by atoms with van der Waals surface area (Å²) in [6.45, 7) is 3.99. The van der Waals surface area contributed by atoms with Gasteiger partial charge < -0.3 is 10.6 Å². The lowest BCUT2D eigenvalue weighted by Gasteiger charge is -2.29. The highest BCUT2D eigenvalue weighted by atomic mass is 16.2. The molecule has 3 rings (SSSR count). The number of rotatable bonds is 3. The predicted molar refractivity (Wildman–Crippen MR) is 80.5 cm³/mol. The molecule has 1 unspecified atom stereocenters. The second-order valence-electron chi connectivity index (χ2n) is 6.57. The first-order valence-corrected chi connectivity index (χ1v) is 7.77. The van der Waals surface area contributed by atoms with Crippen LogP contribution in [0.2, 0.25) is 0 Å². The first-order chi connectivity index (χ1) is 9.68. The van der Waals surface area contributed by atoms with Crippen LogP contribution in [0.3, 0.4) is 0 Å². The Hall–Kier alpha value is -1.35. The molecule has 0 saturated heterocycles. The maximum Gasteiger partial charge on any atom is 0.241 e. The Bertz CT molecular complexity index is 492. The van der Waals surface area contributed by atoms with Gasteiger partial charge in [-0.25, -0.2) is 0 Å². The SMILES string of the molecule is CC1(CNC(=O)C2NCCc3ccccc32)CCCC1. The summed E-state index contributed by atoms with van der Waals surface area (Å²) in [6, 6.07) is 8.10. The van der Waals surface area contributed by atoms with E-state index in [9.17, 15) is 4.79 Å². The average Bonchev–Trinajstić information content (AvgIpc) is 2.91. The number of nitrogens with one attached hydrogen (secondary N) is 2. The molecule has 0 spiro atoms. The fraction of sp³-hybridized carbons (Fsp3) is 0.588. The van der Waals surface area contributed by atoms with Crippen molar-refractivity contribution >= 4 is 5.91 Å². The van der Waals surface area contributed by atoms with Crippen LogP contribution in [0, 0.1) is 5.41 Å². The molecule has 2 N–H and O–H groups in total. The van der Waals surface area contributed by atoms with E-state index in [1.54, 1.807) is 0 Å². The minimum atomic E-state index is -0.176. The smallest absolute Gasteiger partial charge is 0.241 e. The first-order valence-electron chi connectivity index (χ1n) is 7.77. The number of amides is 1. The van der Waals surface area contributed by atoms with Crippen molar-refractivity contribution in [2.75, 3.05) is 13.1 Å². The molecule has 0 aromatic heterocycles. The van der Waals surface area contributed by atoms with Crippen LogP contribution in [0.25, 0.3) is 0 Å². The molecule has 1 saturated carbocycles. The zero-order valence-corrected chi connectivity index (χ0v) is 12.2. The third-order valence-corrected chi connectivity index (χ3v) is 4.87. The lowest BCUT2D eigenvalue weighted by atomic mass is 9.88. The number of hydrogen-bond donors (Lipinski definition) is 2. The van der Waals surface area contributed by atoms with Gasteiger partial charge in [-0.2, -0.15) is 0 Å². The normalized spacial score (nSPS) is 24.1. The third kappa shape index (κ3) is 2.73. The van der Waals surface area contributed by atoms with Crippen LogP contribution in [0.4, 0.5) is 0 Å². The molecule has 1 fully saturated rings. The number of carbonyl (C=O) groups is 1. The van der Waals surface area contributed by atoms with Crippen LogP contribution < -0.4 is 10.6 Å². The second-order valence-corrected chi connectivity index (χ2v) is 6.57. The highest BCUT2D eigenvalue weighted by molar-refractivity contribution is 5.84. The topological polar surface area (TPSA) is 41.1 Å². The quantitative estimate of drug-likeness (QED) is 0.888. The van der Waals surface area contributed by atoms with E-state index in [2.05, 4.69) is 35.8 Å². The van der Waals surface area contributed by atoms with Crippen LogP contribution in [0.1, 0.15) is 49.8 Å². The van der Waals surface area contributed by atoms with Gasteiger partial charge in [-0.15, -0.1) is 0 Å². The van der Waals surface area contributed by atoms with Crippen molar-refractivity contribution in [3.05, 3.63) is 35.4 Å². The summed E-state index contributed by atoms with van der Waals surface area (Å²) in [6.07, 6.45) is 6.09. The summed E-state index contributed by atoms with van der Waals surface area (Å²) >= 11 is 0. The molecular weight excluding hydrogens is 248 g/mol. The number of carbonyl (C=O) groups excluding carboxylic acids is 1. The van der Waals surface area contributed by atoms with Crippen molar-refractivity contribution in [1.82, 2.24) is 10.6 Å². The molecule has 1 atom stereocenters. The summed E-state index contributed by atoms with van der Waals surface area (Å²) < 4.78 is 0. The van der Waals surface area contributed by atoms with Gasteiger partial charge in [0.15, 0.2) is 0 Å². The molecule has 1 aromatic rings. The van der Waals surface area contributed by atoms with E-state index in [4.69, 9.17) is 0 Å². The molecule has 3 heteroatoms. The monoisotopic (exact) mass is 272 g/mol. The Morgan fingerprint density at radius 1 is 1.35 bits per heavy atom. The molecule has 1 heterocycles. The zero-order chi connectivity index (χ0) is 14.0. The van der Waals surface area contributed by atoms with Gasteiger partial charge in [0.05, 0.1) is 0 Å². The van der Waals surface area contributed by atoms with Crippen molar-refractivity contribution in [1.29, 1.82) is 0 Å². The Morgan fingerprint density at radius 3 is 2.90 bits per heavy atom. The van der Waals surface area contributed by atoms with Crippen molar-refractivity contribution < 1.29 is 4.79 Å². The Kier molecular flexibility index (Phi) is 3.79. The molecule has 3 nitrogen and oxygen atoms in total. The minimum absolute atomic E-state index is 0.130. The summed E-state index contributed by atoms with van der Waals surface area (Å²) in [5.41, 5.74) is 2.76. The second kappa shape index (κ2) is 5.57. The minimum Gasteiger partial charge on any atom is -0.354 e. The largest absolute Gasteiger partial charge is 0.354 e. The zero-order valence-electron chi connectivity index (χ0n) is 12.2. The molecule has 2 aliphatic rings. The fourth-order valence-electron chi connectivity index (χ4n) is 3.55. The van der Waals surface area contributed by atoms with Gasteiger partial charge in [0.2, 0.25) is 5.91 Å². The average molecular weight is 272 g/mol. The van der Waals surface area contributed by atoms with Gasteiger partial charge in [-0.05, 0) is 35.8 Å². The van der Waals surface area contributed by atoms with Gasteiger partial charge in [-0.1, -0.05) is 44.0 Å². The fourth-order valence-corrected chi connectivity index (χ4v) is 3.55. The molecule has 1 aromatic carbocycles. The summed E-state index contributed by atoms with van der Waals surface area (Å²) in [4.78, 5) is 12.5. The van der Waals surface area contributed by atoms with Gasteiger partial charge in [-0.3, -0.25) is 4.79 Å². The van der Waals surface area contributed by atoms with Crippen LogP contribution in [-0.2, 0) is 11.2 Å². The van der Waals surface area contributed by atoms with Crippen molar-refractivity contribution in [3.8, 4) is 0 Å². The predicted octanol–water partition coefficient (Wildman–Crippen LogP) is 2.57. The highest BCUT2D eigenvalue weighted by Gasteiger charge is 2.31. The number of benzene rings is 1. The Labute approximate surface area is 121 Å². The molecule has 20 heavy (non-hydrogen) atoms. The van der Waals surface area contributed by atoms with E-state index in [0.29, 0.717) is 5.41 Å². The molecule has 108 valence electrons. The molecule has 1 aliphatic carbocycles. The lowest BCUT2D eigenvalue weighted by Crippen LogP contribution is -2.44. The van der Waals surface area contributed by atoms with E-state index in [0.717, 1.165) is 25.1 Å². The van der Waals surface area contributed by atoms with Gasteiger partial charge in [0.25, 0.3) is 0 Å². The standard InChI is InChI=1S/C17H24N2O/c1-17(9-4-5-10-17)12-19-16(20)15-14-7-3-2-6-13(14)8-11-18-15/h2-3,6-7,15,18H,4-5,8-12H2,1H3,(H,19,20). The lowest BCUT2D eigenvalue weighted by molar-refractivity contribution is -0.123. The molecule has 1 amide bonds. The third-order valence-electron chi connectivity index (χ3n) is 4.87. The van der Waals surface area contributed by atoms with Crippen molar-refractivity contribution in [3.63, 3.8) is 0 Å². The van der Waals surface area contributed by atoms with Crippen LogP contribution >= 0.6 is 0 Å². The summed E-state index contributed by atoms with van der Waals surface area (Å²) in [7, 11) is 0. The highest BCUT2D eigenvalue weighted by Crippen LogP contribution is 2.36. The first kappa shape index (κ1) is 13.6. The van der Waals surface area contributed by atoms with Crippen LogP contribution in [-0.4, -0.2) is 19.0 Å². The van der Waals surface area contributed by atoms with Gasteiger partial charge in [0, 0.05) is 13.1 Å². The van der Waals surface area contributed by atoms with E-state index in [1.807, 2.05) is 6.07 Å². The molecule has 0 bridgehead atoms. The van der Waals surface area contributed by atoms with Crippen molar-refractivity contribution in [2.45, 2.75) is 45.1 Å². The number of hydrogen-bond acceptors (Lipinski definition) is 2. The maximum atomic E-state index is 12.5. The Morgan fingerprint density at radius 2 is 2.10 bits per heavy atom. The van der Waals surface area contributed by atoms with Gasteiger partial charge >= 0.3 is 0 Å². The van der Waals surface area contributed by atoms with Crippen LogP contribution in [0.15, 0.2) is 24.3 Å². The number of fused-ring (bicyclic) bond motifs is 1. The Balaban J connectivity index is 1.66. The van der Waals surface area contributed by atoms with Crippen molar-refractivity contribution in [2.24, 2.45) is 5.41 Å². The van der Waals surface area contributed by atoms with E-state index in [-0.39, 0.29) is 11.9 Å².